The normalized spacial score (nSPS) is 18.8. The van der Waals surface area contributed by atoms with E-state index in [-0.39, 0.29) is 17.6 Å². The van der Waals surface area contributed by atoms with Gasteiger partial charge in [-0.2, -0.15) is 0 Å². The Kier molecular flexibility index (Phi) is 4.93. The molecule has 1 aliphatic rings. The number of carbonyl (C=O) groups is 1. The highest BCUT2D eigenvalue weighted by Crippen LogP contribution is 2.22. The lowest BCUT2D eigenvalue weighted by Crippen LogP contribution is -2.28. The van der Waals surface area contributed by atoms with Crippen LogP contribution in [0.4, 0.5) is 0 Å². The molecule has 102 valence electrons. The molecule has 4 heteroatoms. The molecule has 0 N–H and O–H groups in total. The van der Waals surface area contributed by atoms with Crippen LogP contribution in [0.1, 0.15) is 47.0 Å². The molecule has 0 aromatic carbocycles. The molecule has 0 saturated carbocycles. The second-order valence-electron chi connectivity index (χ2n) is 5.37. The van der Waals surface area contributed by atoms with E-state index in [1.54, 1.807) is 6.92 Å². The van der Waals surface area contributed by atoms with E-state index >= 15 is 0 Å². The fourth-order valence-electron chi connectivity index (χ4n) is 1.63. The van der Waals surface area contributed by atoms with E-state index in [0.29, 0.717) is 18.1 Å². The van der Waals surface area contributed by atoms with Crippen LogP contribution in [0, 0.1) is 0 Å². The Morgan fingerprint density at radius 2 is 2.28 bits per heavy atom. The lowest BCUT2D eigenvalue weighted by Gasteiger charge is -2.17. The number of hydrogen-bond donors (Lipinski definition) is 0. The number of esters is 1. The van der Waals surface area contributed by atoms with Crippen molar-refractivity contribution in [1.29, 1.82) is 0 Å². The molecule has 0 spiro atoms. The number of aliphatic imine (C=N–C) groups is 1. The van der Waals surface area contributed by atoms with Crippen LogP contribution in [0.15, 0.2) is 17.1 Å². The number of carbonyl (C=O) groups excluding carboxylic acids is 1. The van der Waals surface area contributed by atoms with Crippen molar-refractivity contribution in [3.05, 3.63) is 12.2 Å². The van der Waals surface area contributed by atoms with Gasteiger partial charge >= 0.3 is 5.97 Å². The first kappa shape index (κ1) is 14.7. The third kappa shape index (κ3) is 4.17. The first-order chi connectivity index (χ1) is 8.35. The standard InChI is InChI=1S/C14H23NO3/c1-6-7-8-11(18-13(16)10(2)3)12-15-14(4,5)9-17-12/h11H,2,6-9H2,1,3-5H3. The van der Waals surface area contributed by atoms with E-state index in [1.807, 2.05) is 13.8 Å². The van der Waals surface area contributed by atoms with Gasteiger partial charge in [-0.05, 0) is 33.6 Å². The number of unbranched alkanes of at least 4 members (excludes halogenated alkanes) is 1. The summed E-state index contributed by atoms with van der Waals surface area (Å²) in [6.45, 7) is 11.9. The minimum atomic E-state index is -0.382. The van der Waals surface area contributed by atoms with Crippen LogP contribution in [0.25, 0.3) is 0 Å². The maximum atomic E-state index is 11.6. The summed E-state index contributed by atoms with van der Waals surface area (Å²) in [4.78, 5) is 16.1. The van der Waals surface area contributed by atoms with Crippen LogP contribution < -0.4 is 0 Å². The quantitative estimate of drug-likeness (QED) is 0.540. The van der Waals surface area contributed by atoms with Crippen molar-refractivity contribution in [2.75, 3.05) is 6.61 Å². The molecule has 0 fully saturated rings. The first-order valence-corrected chi connectivity index (χ1v) is 6.45. The van der Waals surface area contributed by atoms with Gasteiger partial charge in [0.2, 0.25) is 5.90 Å². The highest BCUT2D eigenvalue weighted by molar-refractivity contribution is 5.91. The third-order valence-corrected chi connectivity index (χ3v) is 2.68. The lowest BCUT2D eigenvalue weighted by molar-refractivity contribution is -0.142. The molecule has 1 unspecified atom stereocenters. The number of nitrogens with zero attached hydrogens (tertiary/aromatic N) is 1. The smallest absolute Gasteiger partial charge is 0.333 e. The highest BCUT2D eigenvalue weighted by Gasteiger charge is 2.32. The summed E-state index contributed by atoms with van der Waals surface area (Å²) in [5.74, 6) is 0.162. The molecule has 18 heavy (non-hydrogen) atoms. The summed E-state index contributed by atoms with van der Waals surface area (Å²) in [6.07, 6.45) is 2.37. The minimum Gasteiger partial charge on any atom is -0.476 e. The summed E-state index contributed by atoms with van der Waals surface area (Å²) in [5.41, 5.74) is 0.171. The van der Waals surface area contributed by atoms with Crippen LogP contribution in [0.5, 0.6) is 0 Å². The average molecular weight is 253 g/mol. The Morgan fingerprint density at radius 1 is 1.61 bits per heavy atom. The predicted molar refractivity (Wildman–Crippen MR) is 71.7 cm³/mol. The van der Waals surface area contributed by atoms with Crippen LogP contribution >= 0.6 is 0 Å². The molecule has 0 aliphatic carbocycles. The molecule has 0 aromatic heterocycles. The third-order valence-electron chi connectivity index (χ3n) is 2.68. The largest absolute Gasteiger partial charge is 0.476 e. The van der Waals surface area contributed by atoms with Gasteiger partial charge in [0.25, 0.3) is 0 Å². The van der Waals surface area contributed by atoms with E-state index in [9.17, 15) is 4.79 Å². The molecule has 0 aromatic rings. The fraction of sp³-hybridized carbons (Fsp3) is 0.714. The van der Waals surface area contributed by atoms with Gasteiger partial charge in [-0.1, -0.05) is 19.9 Å². The Hall–Kier alpha value is -1.32. The maximum absolute atomic E-state index is 11.6. The van der Waals surface area contributed by atoms with Crippen molar-refractivity contribution < 1.29 is 14.3 Å². The number of hydrogen-bond acceptors (Lipinski definition) is 4. The Labute approximate surface area is 109 Å². The molecule has 1 rings (SSSR count). The Balaban J connectivity index is 2.73. The summed E-state index contributed by atoms with van der Waals surface area (Å²) in [6, 6.07) is 0. The van der Waals surface area contributed by atoms with Crippen LogP contribution in [0.3, 0.4) is 0 Å². The van der Waals surface area contributed by atoms with Crippen molar-refractivity contribution in [2.24, 2.45) is 4.99 Å². The van der Waals surface area contributed by atoms with Crippen molar-refractivity contribution in [2.45, 2.75) is 58.6 Å². The van der Waals surface area contributed by atoms with Gasteiger partial charge in [0.1, 0.15) is 6.61 Å². The fourth-order valence-corrected chi connectivity index (χ4v) is 1.63. The molecule has 0 radical (unpaired) electrons. The molecule has 0 bridgehead atoms. The van der Waals surface area contributed by atoms with Gasteiger partial charge < -0.3 is 9.47 Å². The summed E-state index contributed by atoms with van der Waals surface area (Å²) >= 11 is 0. The van der Waals surface area contributed by atoms with Gasteiger partial charge in [0.15, 0.2) is 6.10 Å². The van der Waals surface area contributed by atoms with E-state index in [2.05, 4.69) is 18.5 Å². The van der Waals surface area contributed by atoms with Crippen molar-refractivity contribution in [3.63, 3.8) is 0 Å². The van der Waals surface area contributed by atoms with Crippen molar-refractivity contribution in [1.82, 2.24) is 0 Å². The van der Waals surface area contributed by atoms with Crippen molar-refractivity contribution in [3.8, 4) is 0 Å². The highest BCUT2D eigenvalue weighted by atomic mass is 16.6. The zero-order valence-corrected chi connectivity index (χ0v) is 11.8. The molecular formula is C14H23NO3. The molecule has 1 aliphatic heterocycles. The summed E-state index contributed by atoms with van der Waals surface area (Å²) < 4.78 is 10.9. The van der Waals surface area contributed by atoms with Crippen LogP contribution in [-0.4, -0.2) is 30.1 Å². The first-order valence-electron chi connectivity index (χ1n) is 6.45. The maximum Gasteiger partial charge on any atom is 0.333 e. The van der Waals surface area contributed by atoms with Gasteiger partial charge in [-0.15, -0.1) is 0 Å². The SMILES string of the molecule is C=C(C)C(=O)OC(CCCC)C1=NC(C)(C)CO1. The van der Waals surface area contributed by atoms with Crippen LogP contribution in [0.2, 0.25) is 0 Å². The topological polar surface area (TPSA) is 47.9 Å². The van der Waals surface area contributed by atoms with E-state index in [0.717, 1.165) is 19.3 Å². The van der Waals surface area contributed by atoms with E-state index in [4.69, 9.17) is 9.47 Å². The molecule has 1 heterocycles. The number of rotatable bonds is 6. The molecule has 0 amide bonds. The molecule has 0 saturated heterocycles. The predicted octanol–water partition coefficient (Wildman–Crippen LogP) is 2.87. The van der Waals surface area contributed by atoms with Gasteiger partial charge in [-0.25, -0.2) is 9.79 Å². The zero-order chi connectivity index (χ0) is 13.8. The van der Waals surface area contributed by atoms with Crippen molar-refractivity contribution >= 4 is 11.9 Å². The van der Waals surface area contributed by atoms with E-state index < -0.39 is 0 Å². The Bertz CT molecular complexity index is 358. The lowest BCUT2D eigenvalue weighted by atomic mass is 10.1. The second kappa shape index (κ2) is 6.03. The summed E-state index contributed by atoms with van der Waals surface area (Å²) in [7, 11) is 0. The van der Waals surface area contributed by atoms with Gasteiger partial charge in [0, 0.05) is 5.57 Å². The van der Waals surface area contributed by atoms with E-state index in [1.165, 1.54) is 0 Å². The van der Waals surface area contributed by atoms with Crippen LogP contribution in [-0.2, 0) is 14.3 Å². The average Bonchev–Trinajstić information content (AvgIpc) is 2.64. The van der Waals surface area contributed by atoms with Gasteiger partial charge in [-0.3, -0.25) is 0 Å². The molecular weight excluding hydrogens is 230 g/mol. The Morgan fingerprint density at radius 3 is 2.72 bits per heavy atom. The zero-order valence-electron chi connectivity index (χ0n) is 11.8. The minimum absolute atomic E-state index is 0.227. The monoisotopic (exact) mass is 253 g/mol. The second-order valence-corrected chi connectivity index (χ2v) is 5.37. The number of ether oxygens (including phenoxy) is 2. The van der Waals surface area contributed by atoms with Gasteiger partial charge in [0.05, 0.1) is 5.54 Å². The molecule has 1 atom stereocenters. The summed E-state index contributed by atoms with van der Waals surface area (Å²) in [5, 5.41) is 0. The molecule has 4 nitrogen and oxygen atoms in total.